The lowest BCUT2D eigenvalue weighted by Gasteiger charge is -2.29. The standard InChI is InChI=1S/C22H32N4O6S/c1-33-11-9-15(23)19(28)25-17(13-27)21(30)26-10-5-8-18(26)20(29)24-16(22(31)32)12-14-6-3-2-4-7-14/h2-4,6-7,15-18,27H,5,8-13,23H2,1H3,(H,24,29)(H,25,28)(H,31,32). The van der Waals surface area contributed by atoms with Gasteiger partial charge >= 0.3 is 5.97 Å². The minimum Gasteiger partial charge on any atom is -0.480 e. The molecule has 1 aromatic rings. The van der Waals surface area contributed by atoms with E-state index < -0.39 is 54.5 Å². The van der Waals surface area contributed by atoms with E-state index in [1.54, 1.807) is 24.3 Å². The molecule has 0 saturated carbocycles. The van der Waals surface area contributed by atoms with Crippen molar-refractivity contribution in [3.05, 3.63) is 35.9 Å². The van der Waals surface area contributed by atoms with Gasteiger partial charge in [-0.25, -0.2) is 4.79 Å². The molecular weight excluding hydrogens is 448 g/mol. The van der Waals surface area contributed by atoms with Crippen molar-refractivity contribution in [1.29, 1.82) is 0 Å². The van der Waals surface area contributed by atoms with Crippen molar-refractivity contribution < 1.29 is 29.4 Å². The molecule has 1 aliphatic heterocycles. The van der Waals surface area contributed by atoms with Crippen LogP contribution in [0.5, 0.6) is 0 Å². The number of nitrogens with zero attached hydrogens (tertiary/aromatic N) is 1. The summed E-state index contributed by atoms with van der Waals surface area (Å²) in [7, 11) is 0. The second kappa shape index (κ2) is 13.2. The molecule has 10 nitrogen and oxygen atoms in total. The first-order valence-corrected chi connectivity index (χ1v) is 12.2. The van der Waals surface area contributed by atoms with Crippen LogP contribution in [0.1, 0.15) is 24.8 Å². The van der Waals surface area contributed by atoms with E-state index in [4.69, 9.17) is 5.73 Å². The summed E-state index contributed by atoms with van der Waals surface area (Å²) in [4.78, 5) is 51.1. The van der Waals surface area contributed by atoms with Crippen molar-refractivity contribution in [3.8, 4) is 0 Å². The molecule has 1 heterocycles. The number of hydrogen-bond donors (Lipinski definition) is 5. The fraction of sp³-hybridized carbons (Fsp3) is 0.545. The molecule has 1 fully saturated rings. The molecular formula is C22H32N4O6S. The normalized spacial score (nSPS) is 18.3. The van der Waals surface area contributed by atoms with E-state index in [0.717, 1.165) is 5.56 Å². The van der Waals surface area contributed by atoms with Crippen LogP contribution >= 0.6 is 11.8 Å². The average Bonchev–Trinajstić information content (AvgIpc) is 3.30. The number of amides is 3. The lowest BCUT2D eigenvalue weighted by Crippen LogP contribution is -2.58. The van der Waals surface area contributed by atoms with Crippen LogP contribution in [-0.2, 0) is 25.6 Å². The van der Waals surface area contributed by atoms with Gasteiger partial charge in [0.1, 0.15) is 18.1 Å². The Morgan fingerprint density at radius 2 is 1.88 bits per heavy atom. The van der Waals surface area contributed by atoms with Gasteiger partial charge in [-0.15, -0.1) is 0 Å². The number of carbonyl (C=O) groups is 4. The van der Waals surface area contributed by atoms with Gasteiger partial charge in [0, 0.05) is 13.0 Å². The van der Waals surface area contributed by atoms with Gasteiger partial charge in [0.25, 0.3) is 0 Å². The number of carbonyl (C=O) groups excluding carboxylic acids is 3. The van der Waals surface area contributed by atoms with Crippen LogP contribution in [0.25, 0.3) is 0 Å². The molecule has 4 atom stereocenters. The minimum absolute atomic E-state index is 0.103. The first kappa shape index (κ1) is 26.6. The molecule has 0 bridgehead atoms. The molecule has 11 heteroatoms. The zero-order chi connectivity index (χ0) is 24.4. The number of hydrogen-bond acceptors (Lipinski definition) is 7. The monoisotopic (exact) mass is 480 g/mol. The zero-order valence-corrected chi connectivity index (χ0v) is 19.4. The van der Waals surface area contributed by atoms with Crippen LogP contribution < -0.4 is 16.4 Å². The summed E-state index contributed by atoms with van der Waals surface area (Å²) in [5.74, 6) is -2.23. The van der Waals surface area contributed by atoms with Gasteiger partial charge in [-0.05, 0) is 36.8 Å². The summed E-state index contributed by atoms with van der Waals surface area (Å²) in [5, 5.41) is 24.2. The molecule has 0 spiro atoms. The fourth-order valence-corrected chi connectivity index (χ4v) is 4.15. The number of nitrogens with one attached hydrogen (secondary N) is 2. The molecule has 6 N–H and O–H groups in total. The second-order valence-corrected chi connectivity index (χ2v) is 8.90. The van der Waals surface area contributed by atoms with Gasteiger partial charge in [0.15, 0.2) is 0 Å². The average molecular weight is 481 g/mol. The number of likely N-dealkylation sites (tertiary alicyclic amines) is 1. The highest BCUT2D eigenvalue weighted by molar-refractivity contribution is 7.98. The third-order valence-corrected chi connectivity index (χ3v) is 6.15. The van der Waals surface area contributed by atoms with Gasteiger partial charge in [0.05, 0.1) is 12.6 Å². The van der Waals surface area contributed by atoms with Crippen molar-refractivity contribution in [2.24, 2.45) is 5.73 Å². The van der Waals surface area contributed by atoms with E-state index in [-0.39, 0.29) is 13.0 Å². The largest absolute Gasteiger partial charge is 0.480 e. The number of benzene rings is 1. The molecule has 0 aliphatic carbocycles. The maximum absolute atomic E-state index is 13.0. The summed E-state index contributed by atoms with van der Waals surface area (Å²) in [6, 6.07) is 4.83. The summed E-state index contributed by atoms with van der Waals surface area (Å²) in [6.07, 6.45) is 3.31. The second-order valence-electron chi connectivity index (χ2n) is 7.91. The lowest BCUT2D eigenvalue weighted by molar-refractivity contribution is -0.145. The first-order chi connectivity index (χ1) is 15.8. The van der Waals surface area contributed by atoms with Crippen LogP contribution in [0.3, 0.4) is 0 Å². The Morgan fingerprint density at radius 1 is 1.18 bits per heavy atom. The van der Waals surface area contributed by atoms with Crippen molar-refractivity contribution in [3.63, 3.8) is 0 Å². The van der Waals surface area contributed by atoms with E-state index in [2.05, 4.69) is 10.6 Å². The van der Waals surface area contributed by atoms with E-state index in [9.17, 15) is 29.4 Å². The van der Waals surface area contributed by atoms with Gasteiger partial charge in [-0.2, -0.15) is 11.8 Å². The Bertz CT molecular complexity index is 824. The highest BCUT2D eigenvalue weighted by Crippen LogP contribution is 2.19. The van der Waals surface area contributed by atoms with Crippen LogP contribution in [0.15, 0.2) is 30.3 Å². The number of carboxylic acid groups (broad SMARTS) is 1. The van der Waals surface area contributed by atoms with Gasteiger partial charge in [-0.1, -0.05) is 30.3 Å². The summed E-state index contributed by atoms with van der Waals surface area (Å²) < 4.78 is 0. The van der Waals surface area contributed by atoms with Crippen molar-refractivity contribution in [2.75, 3.05) is 25.2 Å². The van der Waals surface area contributed by atoms with Crippen molar-refractivity contribution in [1.82, 2.24) is 15.5 Å². The van der Waals surface area contributed by atoms with E-state index in [0.29, 0.717) is 25.0 Å². The molecule has 3 amide bonds. The molecule has 0 aromatic heterocycles. The summed E-state index contributed by atoms with van der Waals surface area (Å²) in [6.45, 7) is -0.380. The number of thioether (sulfide) groups is 1. The maximum Gasteiger partial charge on any atom is 0.326 e. The number of aliphatic carboxylic acids is 1. The predicted molar refractivity (Wildman–Crippen MR) is 124 cm³/mol. The van der Waals surface area contributed by atoms with Gasteiger partial charge in [0.2, 0.25) is 17.7 Å². The van der Waals surface area contributed by atoms with Crippen LogP contribution in [0, 0.1) is 0 Å². The van der Waals surface area contributed by atoms with Crippen molar-refractivity contribution in [2.45, 2.75) is 49.9 Å². The topological polar surface area (TPSA) is 162 Å². The molecule has 1 aromatic carbocycles. The van der Waals surface area contributed by atoms with Crippen LogP contribution in [0.2, 0.25) is 0 Å². The summed E-state index contributed by atoms with van der Waals surface area (Å²) >= 11 is 1.54. The number of aliphatic hydroxyl groups excluding tert-OH is 1. The third kappa shape index (κ3) is 7.72. The number of aliphatic hydroxyl groups is 1. The highest BCUT2D eigenvalue weighted by Gasteiger charge is 2.39. The first-order valence-electron chi connectivity index (χ1n) is 10.8. The molecule has 1 saturated heterocycles. The molecule has 182 valence electrons. The molecule has 33 heavy (non-hydrogen) atoms. The lowest BCUT2D eigenvalue weighted by atomic mass is 10.1. The third-order valence-electron chi connectivity index (χ3n) is 5.50. The quantitative estimate of drug-likeness (QED) is 0.263. The Balaban J connectivity index is 2.03. The fourth-order valence-electron chi connectivity index (χ4n) is 3.66. The maximum atomic E-state index is 13.0. The highest BCUT2D eigenvalue weighted by atomic mass is 32.2. The number of rotatable bonds is 12. The molecule has 0 radical (unpaired) electrons. The number of nitrogens with two attached hydrogens (primary N) is 1. The molecule has 1 aliphatic rings. The smallest absolute Gasteiger partial charge is 0.326 e. The van der Waals surface area contributed by atoms with E-state index >= 15 is 0 Å². The SMILES string of the molecule is CSCCC(N)C(=O)NC(CO)C(=O)N1CCCC1C(=O)NC(Cc1ccccc1)C(=O)O. The summed E-state index contributed by atoms with van der Waals surface area (Å²) in [5.41, 5.74) is 6.59. The molecule has 4 unspecified atom stereocenters. The van der Waals surface area contributed by atoms with E-state index in [1.165, 1.54) is 16.7 Å². The predicted octanol–water partition coefficient (Wildman–Crippen LogP) is -0.653. The van der Waals surface area contributed by atoms with Crippen molar-refractivity contribution >= 4 is 35.5 Å². The Kier molecular flexibility index (Phi) is 10.6. The van der Waals surface area contributed by atoms with Crippen LogP contribution in [0.4, 0.5) is 0 Å². The Morgan fingerprint density at radius 3 is 2.48 bits per heavy atom. The van der Waals surface area contributed by atoms with Gasteiger partial charge in [-0.3, -0.25) is 14.4 Å². The van der Waals surface area contributed by atoms with Gasteiger partial charge < -0.3 is 31.5 Å². The molecule has 2 rings (SSSR count). The number of carboxylic acids is 1. The Labute approximate surface area is 197 Å². The van der Waals surface area contributed by atoms with Crippen LogP contribution in [-0.4, -0.2) is 88.1 Å². The zero-order valence-electron chi connectivity index (χ0n) is 18.6. The van der Waals surface area contributed by atoms with E-state index in [1.807, 2.05) is 12.3 Å². The Hall–Kier alpha value is -2.63. The minimum atomic E-state index is -1.23.